The molecule has 2 nitrogen and oxygen atoms in total. The molecule has 1 saturated heterocycles. The number of likely N-dealkylation sites (tertiary alicyclic amines) is 1. The number of hydrogen-bond acceptors (Lipinski definition) is 2. The molecule has 0 spiro atoms. The number of piperidine rings is 1. The van der Waals surface area contributed by atoms with Gasteiger partial charge in [-0.1, -0.05) is 22.0 Å². The lowest BCUT2D eigenvalue weighted by molar-refractivity contribution is 0.0791. The van der Waals surface area contributed by atoms with Crippen molar-refractivity contribution in [3.05, 3.63) is 33.8 Å². The summed E-state index contributed by atoms with van der Waals surface area (Å²) in [5.74, 6) is 0. The minimum atomic E-state index is -0.0812. The molecule has 1 aromatic carbocycles. The number of hydrogen-bond donors (Lipinski definition) is 1. The largest absolute Gasteiger partial charge is 0.393 e. The van der Waals surface area contributed by atoms with Crippen LogP contribution in [0.1, 0.15) is 24.0 Å². The highest BCUT2D eigenvalue weighted by molar-refractivity contribution is 9.10. The van der Waals surface area contributed by atoms with Crippen LogP contribution in [0.3, 0.4) is 0 Å². The Bertz CT molecular complexity index is 359. The minimum Gasteiger partial charge on any atom is -0.393 e. The topological polar surface area (TPSA) is 23.5 Å². The molecule has 2 rings (SSSR count). The van der Waals surface area contributed by atoms with Crippen molar-refractivity contribution in [2.75, 3.05) is 13.1 Å². The average Bonchev–Trinajstić information content (AvgIpc) is 2.25. The van der Waals surface area contributed by atoms with Crippen molar-refractivity contribution in [2.24, 2.45) is 0 Å². The van der Waals surface area contributed by atoms with Crippen molar-refractivity contribution in [3.8, 4) is 0 Å². The Balaban J connectivity index is 1.98. The molecule has 1 N–H and O–H groups in total. The Morgan fingerprint density at radius 1 is 1.38 bits per heavy atom. The van der Waals surface area contributed by atoms with Gasteiger partial charge in [0.2, 0.25) is 0 Å². The third kappa shape index (κ3) is 3.06. The van der Waals surface area contributed by atoms with E-state index in [4.69, 9.17) is 0 Å². The molecule has 0 aliphatic carbocycles. The molecule has 0 amide bonds. The minimum absolute atomic E-state index is 0.0812. The van der Waals surface area contributed by atoms with E-state index in [0.29, 0.717) is 0 Å². The van der Waals surface area contributed by atoms with Crippen molar-refractivity contribution >= 4 is 15.9 Å². The number of rotatable bonds is 2. The molecule has 0 bridgehead atoms. The fraction of sp³-hybridized carbons (Fsp3) is 0.538. The lowest BCUT2D eigenvalue weighted by atomic mass is 10.0. The maximum Gasteiger partial charge on any atom is 0.0564 e. The summed E-state index contributed by atoms with van der Waals surface area (Å²) < 4.78 is 1.14. The van der Waals surface area contributed by atoms with E-state index in [9.17, 15) is 5.11 Å². The fourth-order valence-electron chi connectivity index (χ4n) is 2.16. The molecule has 0 radical (unpaired) electrons. The van der Waals surface area contributed by atoms with Gasteiger partial charge in [-0.2, -0.15) is 0 Å². The third-order valence-corrected chi connectivity index (χ3v) is 3.75. The van der Waals surface area contributed by atoms with Crippen molar-refractivity contribution in [2.45, 2.75) is 32.4 Å². The van der Waals surface area contributed by atoms with Gasteiger partial charge in [0.1, 0.15) is 0 Å². The SMILES string of the molecule is Cc1cc(Br)ccc1CN1CCC(O)CC1. The van der Waals surface area contributed by atoms with Gasteiger partial charge in [-0.15, -0.1) is 0 Å². The van der Waals surface area contributed by atoms with E-state index in [-0.39, 0.29) is 6.10 Å². The first-order chi connectivity index (χ1) is 7.65. The molecule has 3 heteroatoms. The van der Waals surface area contributed by atoms with Crippen LogP contribution in [0.25, 0.3) is 0 Å². The van der Waals surface area contributed by atoms with Crippen LogP contribution in [0, 0.1) is 6.92 Å². The molecule has 1 heterocycles. The molecule has 0 saturated carbocycles. The van der Waals surface area contributed by atoms with Gasteiger partial charge in [0.15, 0.2) is 0 Å². The number of aliphatic hydroxyl groups excluding tert-OH is 1. The van der Waals surface area contributed by atoms with E-state index in [1.807, 2.05) is 0 Å². The summed E-state index contributed by atoms with van der Waals surface area (Å²) >= 11 is 3.48. The smallest absolute Gasteiger partial charge is 0.0564 e. The highest BCUT2D eigenvalue weighted by Crippen LogP contribution is 2.19. The summed E-state index contributed by atoms with van der Waals surface area (Å²) in [6.07, 6.45) is 1.74. The second-order valence-corrected chi connectivity index (χ2v) is 5.49. The molecule has 0 aromatic heterocycles. The van der Waals surface area contributed by atoms with Gasteiger partial charge < -0.3 is 5.11 Å². The van der Waals surface area contributed by atoms with E-state index in [2.05, 4.69) is 46.0 Å². The first kappa shape index (κ1) is 12.1. The predicted molar refractivity (Wildman–Crippen MR) is 69.4 cm³/mol. The van der Waals surface area contributed by atoms with Gasteiger partial charge in [-0.05, 0) is 43.0 Å². The van der Waals surface area contributed by atoms with Gasteiger partial charge in [0, 0.05) is 24.1 Å². The summed E-state index contributed by atoms with van der Waals surface area (Å²) in [4.78, 5) is 2.42. The third-order valence-electron chi connectivity index (χ3n) is 3.26. The molecule has 0 atom stereocenters. The first-order valence-corrected chi connectivity index (χ1v) is 6.60. The van der Waals surface area contributed by atoms with Gasteiger partial charge in [-0.25, -0.2) is 0 Å². The molecule has 1 aliphatic rings. The first-order valence-electron chi connectivity index (χ1n) is 5.80. The van der Waals surface area contributed by atoms with E-state index in [1.54, 1.807) is 0 Å². The van der Waals surface area contributed by atoms with E-state index in [1.165, 1.54) is 11.1 Å². The second-order valence-electron chi connectivity index (χ2n) is 4.58. The zero-order valence-electron chi connectivity index (χ0n) is 9.62. The average molecular weight is 284 g/mol. The monoisotopic (exact) mass is 283 g/mol. The van der Waals surface area contributed by atoms with Crippen LogP contribution in [-0.2, 0) is 6.54 Å². The molecular weight excluding hydrogens is 266 g/mol. The highest BCUT2D eigenvalue weighted by Gasteiger charge is 2.17. The van der Waals surface area contributed by atoms with Crippen LogP contribution in [0.4, 0.5) is 0 Å². The van der Waals surface area contributed by atoms with E-state index >= 15 is 0 Å². The number of benzene rings is 1. The summed E-state index contributed by atoms with van der Waals surface area (Å²) in [6.45, 7) is 5.18. The number of aliphatic hydroxyl groups is 1. The summed E-state index contributed by atoms with van der Waals surface area (Å²) in [5, 5.41) is 9.45. The maximum atomic E-state index is 9.45. The molecule has 16 heavy (non-hydrogen) atoms. The van der Waals surface area contributed by atoms with Crippen molar-refractivity contribution < 1.29 is 5.11 Å². The molecule has 1 aromatic rings. The fourth-order valence-corrected chi connectivity index (χ4v) is 2.63. The Hall–Kier alpha value is -0.380. The predicted octanol–water partition coefficient (Wildman–Crippen LogP) is 2.71. The van der Waals surface area contributed by atoms with Gasteiger partial charge >= 0.3 is 0 Å². The van der Waals surface area contributed by atoms with Gasteiger partial charge in [0.05, 0.1) is 6.10 Å². The van der Waals surface area contributed by atoms with Crippen molar-refractivity contribution in [1.29, 1.82) is 0 Å². The van der Waals surface area contributed by atoms with Crippen LogP contribution in [0.2, 0.25) is 0 Å². The van der Waals surface area contributed by atoms with Gasteiger partial charge in [0.25, 0.3) is 0 Å². The zero-order chi connectivity index (χ0) is 11.5. The van der Waals surface area contributed by atoms with Crippen LogP contribution < -0.4 is 0 Å². The Morgan fingerprint density at radius 2 is 2.06 bits per heavy atom. The summed E-state index contributed by atoms with van der Waals surface area (Å²) in [6, 6.07) is 6.44. The van der Waals surface area contributed by atoms with Crippen LogP contribution in [0.5, 0.6) is 0 Å². The second kappa shape index (κ2) is 5.30. The molecule has 88 valence electrons. The quantitative estimate of drug-likeness (QED) is 0.902. The molecule has 1 aliphatic heterocycles. The summed E-state index contributed by atoms with van der Waals surface area (Å²) in [5.41, 5.74) is 2.72. The molecular formula is C13H18BrNO. The van der Waals surface area contributed by atoms with E-state index in [0.717, 1.165) is 36.9 Å². The lowest BCUT2D eigenvalue weighted by Crippen LogP contribution is -2.35. The normalized spacial score (nSPS) is 18.9. The number of halogens is 1. The highest BCUT2D eigenvalue weighted by atomic mass is 79.9. The van der Waals surface area contributed by atoms with Crippen molar-refractivity contribution in [3.63, 3.8) is 0 Å². The zero-order valence-corrected chi connectivity index (χ0v) is 11.2. The van der Waals surface area contributed by atoms with Crippen LogP contribution in [0.15, 0.2) is 22.7 Å². The standard InChI is InChI=1S/C13H18BrNO/c1-10-8-12(14)3-2-11(10)9-15-6-4-13(16)5-7-15/h2-3,8,13,16H,4-7,9H2,1H3. The Morgan fingerprint density at radius 3 is 2.69 bits per heavy atom. The van der Waals surface area contributed by atoms with Crippen LogP contribution >= 0.6 is 15.9 Å². The molecule has 1 fully saturated rings. The number of aryl methyl sites for hydroxylation is 1. The number of nitrogens with zero attached hydrogens (tertiary/aromatic N) is 1. The Kier molecular flexibility index (Phi) is 4.00. The maximum absolute atomic E-state index is 9.45. The van der Waals surface area contributed by atoms with Crippen molar-refractivity contribution in [1.82, 2.24) is 4.90 Å². The summed E-state index contributed by atoms with van der Waals surface area (Å²) in [7, 11) is 0. The van der Waals surface area contributed by atoms with Gasteiger partial charge in [-0.3, -0.25) is 4.90 Å². The Labute approximate surface area is 105 Å². The molecule has 0 unspecified atom stereocenters. The van der Waals surface area contributed by atoms with E-state index < -0.39 is 0 Å². The van der Waals surface area contributed by atoms with Crippen LogP contribution in [-0.4, -0.2) is 29.2 Å². The lowest BCUT2D eigenvalue weighted by Gasteiger charge is -2.29.